The minimum atomic E-state index is -3.69. The molecular weight excluding hydrogens is 382 g/mol. The van der Waals surface area contributed by atoms with Gasteiger partial charge in [0.05, 0.1) is 23.7 Å². The molecule has 3 rings (SSSR count). The number of hydrogen-bond acceptors (Lipinski definition) is 5. The summed E-state index contributed by atoms with van der Waals surface area (Å²) in [6.45, 7) is 2.74. The van der Waals surface area contributed by atoms with Crippen LogP contribution < -0.4 is 0 Å². The van der Waals surface area contributed by atoms with Gasteiger partial charge in [0.2, 0.25) is 10.0 Å². The zero-order valence-corrected chi connectivity index (χ0v) is 16.3. The third-order valence-corrected chi connectivity index (χ3v) is 6.78. The Morgan fingerprint density at radius 3 is 2.57 bits per heavy atom. The van der Waals surface area contributed by atoms with Gasteiger partial charge in [0.25, 0.3) is 0 Å². The SMILES string of the molecule is Cc1c(C#N)c(Cc2ccccc2S(=O)(=O)N2CCOCC2)cn1CC(=O)O. The van der Waals surface area contributed by atoms with Gasteiger partial charge < -0.3 is 14.4 Å². The molecule has 2 heterocycles. The molecule has 1 N–H and O–H groups in total. The number of carbonyl (C=O) groups is 1. The summed E-state index contributed by atoms with van der Waals surface area (Å²) in [5.74, 6) is -1.01. The summed E-state index contributed by atoms with van der Waals surface area (Å²) in [6.07, 6.45) is 1.83. The molecule has 1 aliphatic rings. The highest BCUT2D eigenvalue weighted by atomic mass is 32.2. The maximum atomic E-state index is 13.1. The van der Waals surface area contributed by atoms with E-state index in [-0.39, 0.29) is 17.9 Å². The van der Waals surface area contributed by atoms with E-state index in [0.29, 0.717) is 48.7 Å². The summed E-state index contributed by atoms with van der Waals surface area (Å²) in [5.41, 5.74) is 2.09. The van der Waals surface area contributed by atoms with Gasteiger partial charge in [-0.15, -0.1) is 0 Å². The molecule has 1 aliphatic heterocycles. The van der Waals surface area contributed by atoms with E-state index in [1.165, 1.54) is 8.87 Å². The second-order valence-corrected chi connectivity index (χ2v) is 8.46. The molecule has 0 amide bonds. The van der Waals surface area contributed by atoms with Crippen LogP contribution in [0.5, 0.6) is 0 Å². The van der Waals surface area contributed by atoms with Crippen LogP contribution in [0.25, 0.3) is 0 Å². The van der Waals surface area contributed by atoms with Crippen molar-refractivity contribution in [1.29, 1.82) is 5.26 Å². The molecule has 1 fully saturated rings. The Morgan fingerprint density at radius 1 is 1.25 bits per heavy atom. The molecule has 1 saturated heterocycles. The van der Waals surface area contributed by atoms with Crippen LogP contribution in [0.1, 0.15) is 22.4 Å². The topological polar surface area (TPSA) is 113 Å². The second-order valence-electron chi connectivity index (χ2n) is 6.55. The number of aliphatic carboxylic acids is 1. The fourth-order valence-corrected chi connectivity index (χ4v) is 4.98. The standard InChI is InChI=1S/C19H21N3O5S/c1-14-17(11-20)16(12-21(14)13-19(23)24)10-15-4-2-3-5-18(15)28(25,26)22-6-8-27-9-7-22/h2-5,12H,6-10,13H2,1H3,(H,23,24). The number of carboxylic acid groups (broad SMARTS) is 1. The number of nitriles is 1. The van der Waals surface area contributed by atoms with Gasteiger partial charge in [-0.1, -0.05) is 18.2 Å². The third-order valence-electron chi connectivity index (χ3n) is 4.78. The molecule has 2 aromatic rings. The number of morpholine rings is 1. The summed E-state index contributed by atoms with van der Waals surface area (Å²) < 4.78 is 34.3. The molecule has 0 radical (unpaired) electrons. The predicted molar refractivity (Wildman–Crippen MR) is 100 cm³/mol. The van der Waals surface area contributed by atoms with Gasteiger partial charge in [-0.3, -0.25) is 4.79 Å². The van der Waals surface area contributed by atoms with Crippen molar-refractivity contribution in [2.45, 2.75) is 24.8 Å². The van der Waals surface area contributed by atoms with Gasteiger partial charge in [-0.2, -0.15) is 9.57 Å². The van der Waals surface area contributed by atoms with Gasteiger partial charge in [0.1, 0.15) is 12.6 Å². The summed E-state index contributed by atoms with van der Waals surface area (Å²) in [4.78, 5) is 11.2. The molecule has 0 bridgehead atoms. The van der Waals surface area contributed by atoms with Crippen LogP contribution in [0.2, 0.25) is 0 Å². The van der Waals surface area contributed by atoms with Gasteiger partial charge in [0.15, 0.2) is 0 Å². The average Bonchev–Trinajstić information content (AvgIpc) is 2.96. The van der Waals surface area contributed by atoms with Crippen molar-refractivity contribution in [3.63, 3.8) is 0 Å². The first-order chi connectivity index (χ1) is 13.3. The lowest BCUT2D eigenvalue weighted by atomic mass is 10.0. The quantitative estimate of drug-likeness (QED) is 0.779. The highest BCUT2D eigenvalue weighted by Crippen LogP contribution is 2.26. The summed E-state index contributed by atoms with van der Waals surface area (Å²) >= 11 is 0. The first-order valence-corrected chi connectivity index (χ1v) is 10.2. The molecule has 0 unspecified atom stereocenters. The van der Waals surface area contributed by atoms with E-state index in [9.17, 15) is 18.5 Å². The highest BCUT2D eigenvalue weighted by Gasteiger charge is 2.28. The lowest BCUT2D eigenvalue weighted by molar-refractivity contribution is -0.137. The maximum absolute atomic E-state index is 13.1. The summed E-state index contributed by atoms with van der Waals surface area (Å²) in [6, 6.07) is 8.81. The van der Waals surface area contributed by atoms with Crippen LogP contribution in [0.3, 0.4) is 0 Å². The predicted octanol–water partition coefficient (Wildman–Crippen LogP) is 1.36. The Morgan fingerprint density at radius 2 is 1.93 bits per heavy atom. The van der Waals surface area contributed by atoms with Crippen molar-refractivity contribution < 1.29 is 23.1 Å². The van der Waals surface area contributed by atoms with Crippen LogP contribution >= 0.6 is 0 Å². The number of benzene rings is 1. The lowest BCUT2D eigenvalue weighted by Gasteiger charge is -2.27. The smallest absolute Gasteiger partial charge is 0.323 e. The number of nitrogens with zero attached hydrogens (tertiary/aromatic N) is 3. The monoisotopic (exact) mass is 403 g/mol. The molecule has 1 aromatic carbocycles. The molecule has 28 heavy (non-hydrogen) atoms. The van der Waals surface area contributed by atoms with Crippen molar-refractivity contribution in [1.82, 2.24) is 8.87 Å². The zero-order valence-electron chi connectivity index (χ0n) is 15.5. The molecule has 1 aromatic heterocycles. The van der Waals surface area contributed by atoms with Gasteiger partial charge in [-0.05, 0) is 24.1 Å². The van der Waals surface area contributed by atoms with E-state index < -0.39 is 16.0 Å². The van der Waals surface area contributed by atoms with Crippen molar-refractivity contribution in [2.75, 3.05) is 26.3 Å². The van der Waals surface area contributed by atoms with E-state index in [1.54, 1.807) is 37.4 Å². The summed E-state index contributed by atoms with van der Waals surface area (Å²) in [5, 5.41) is 18.6. The molecule has 148 valence electrons. The fourth-order valence-electron chi connectivity index (χ4n) is 3.35. The van der Waals surface area contributed by atoms with Crippen LogP contribution in [0.15, 0.2) is 35.4 Å². The second kappa shape index (κ2) is 8.14. The molecule has 0 spiro atoms. The zero-order chi connectivity index (χ0) is 20.3. The van der Waals surface area contributed by atoms with E-state index >= 15 is 0 Å². The minimum absolute atomic E-state index is 0.199. The van der Waals surface area contributed by atoms with Crippen LogP contribution in [0.4, 0.5) is 0 Å². The Kier molecular flexibility index (Phi) is 5.84. The van der Waals surface area contributed by atoms with Crippen molar-refractivity contribution in [3.05, 3.63) is 52.8 Å². The molecular formula is C19H21N3O5S. The van der Waals surface area contributed by atoms with E-state index in [1.807, 2.05) is 0 Å². The Balaban J connectivity index is 1.99. The first-order valence-electron chi connectivity index (χ1n) is 8.81. The van der Waals surface area contributed by atoms with Crippen LogP contribution in [-0.2, 0) is 32.5 Å². The Hall–Kier alpha value is -2.67. The maximum Gasteiger partial charge on any atom is 0.323 e. The average molecular weight is 403 g/mol. The number of hydrogen-bond donors (Lipinski definition) is 1. The normalized spacial score (nSPS) is 15.3. The highest BCUT2D eigenvalue weighted by molar-refractivity contribution is 7.89. The van der Waals surface area contributed by atoms with Gasteiger partial charge in [-0.25, -0.2) is 8.42 Å². The molecule has 9 heteroatoms. The van der Waals surface area contributed by atoms with E-state index in [0.717, 1.165) is 0 Å². The number of carboxylic acids is 1. The van der Waals surface area contributed by atoms with Gasteiger partial charge in [0, 0.05) is 31.4 Å². The largest absolute Gasteiger partial charge is 0.480 e. The number of ether oxygens (including phenoxy) is 1. The lowest BCUT2D eigenvalue weighted by Crippen LogP contribution is -2.40. The van der Waals surface area contributed by atoms with E-state index in [2.05, 4.69) is 6.07 Å². The minimum Gasteiger partial charge on any atom is -0.480 e. The Bertz CT molecular complexity index is 1030. The van der Waals surface area contributed by atoms with Gasteiger partial charge >= 0.3 is 5.97 Å². The number of sulfonamides is 1. The van der Waals surface area contributed by atoms with Crippen LogP contribution in [0, 0.1) is 18.3 Å². The van der Waals surface area contributed by atoms with Crippen molar-refractivity contribution in [2.24, 2.45) is 0 Å². The Labute approximate surface area is 163 Å². The first kappa shape index (κ1) is 20.1. The third kappa shape index (κ3) is 3.94. The molecule has 0 atom stereocenters. The molecule has 0 aliphatic carbocycles. The van der Waals surface area contributed by atoms with Crippen LogP contribution in [-0.4, -0.2) is 54.7 Å². The number of aromatic nitrogens is 1. The van der Waals surface area contributed by atoms with Crippen molar-refractivity contribution in [3.8, 4) is 6.07 Å². The summed E-state index contributed by atoms with van der Waals surface area (Å²) in [7, 11) is -3.69. The molecule has 0 saturated carbocycles. The fraction of sp³-hybridized carbons (Fsp3) is 0.368. The number of rotatable bonds is 6. The van der Waals surface area contributed by atoms with E-state index in [4.69, 9.17) is 9.84 Å². The van der Waals surface area contributed by atoms with Crippen molar-refractivity contribution >= 4 is 16.0 Å². The molecule has 8 nitrogen and oxygen atoms in total.